The minimum Gasteiger partial charge on any atom is -0.507 e. The van der Waals surface area contributed by atoms with Crippen molar-refractivity contribution in [2.24, 2.45) is 0 Å². The molecule has 0 aliphatic heterocycles. The van der Waals surface area contributed by atoms with E-state index in [2.05, 4.69) is 15.5 Å². The van der Waals surface area contributed by atoms with Crippen LogP contribution in [0.2, 0.25) is 5.02 Å². The molecule has 0 bridgehead atoms. The second-order valence-corrected chi connectivity index (χ2v) is 3.86. The van der Waals surface area contributed by atoms with Crippen molar-refractivity contribution in [1.29, 1.82) is 0 Å². The molecule has 7 heteroatoms. The number of aromatic nitrogens is 2. The van der Waals surface area contributed by atoms with Crippen molar-refractivity contribution in [3.63, 3.8) is 0 Å². The fraction of sp³-hybridized carbons (Fsp3) is 0. The average Bonchev–Trinajstić information content (AvgIpc) is 2.32. The zero-order valence-corrected chi connectivity index (χ0v) is 9.73. The minimum absolute atomic E-state index is 0.0624. The Morgan fingerprint density at radius 2 is 2.11 bits per heavy atom. The number of anilines is 1. The molecule has 6 nitrogen and oxygen atoms in total. The number of hydrogen-bond donors (Lipinski definition) is 3. The second-order valence-electron chi connectivity index (χ2n) is 3.42. The molecule has 1 aromatic heterocycles. The highest BCUT2D eigenvalue weighted by Crippen LogP contribution is 2.22. The molecular weight excluding hydrogens is 258 g/mol. The first-order valence-electron chi connectivity index (χ1n) is 4.92. The Balaban J connectivity index is 2.22. The maximum Gasteiger partial charge on any atom is 0.264 e. The number of nitrogens with one attached hydrogen (secondary N) is 2. The van der Waals surface area contributed by atoms with Gasteiger partial charge in [-0.05, 0) is 24.3 Å². The highest BCUT2D eigenvalue weighted by Gasteiger charge is 2.12. The van der Waals surface area contributed by atoms with E-state index in [1.54, 1.807) is 0 Å². The molecule has 1 heterocycles. The summed E-state index contributed by atoms with van der Waals surface area (Å²) in [5.74, 6) is -0.609. The molecule has 18 heavy (non-hydrogen) atoms. The molecule has 0 fully saturated rings. The fourth-order valence-corrected chi connectivity index (χ4v) is 1.46. The van der Waals surface area contributed by atoms with Gasteiger partial charge in [-0.1, -0.05) is 11.6 Å². The first kappa shape index (κ1) is 12.1. The zero-order valence-electron chi connectivity index (χ0n) is 8.98. The van der Waals surface area contributed by atoms with Crippen LogP contribution in [0.4, 0.5) is 5.82 Å². The van der Waals surface area contributed by atoms with Gasteiger partial charge in [-0.3, -0.25) is 9.59 Å². The minimum atomic E-state index is -0.552. The smallest absolute Gasteiger partial charge is 0.264 e. The summed E-state index contributed by atoms with van der Waals surface area (Å²) in [6, 6.07) is 6.71. The van der Waals surface area contributed by atoms with E-state index in [-0.39, 0.29) is 22.7 Å². The third kappa shape index (κ3) is 2.67. The van der Waals surface area contributed by atoms with Gasteiger partial charge in [-0.2, -0.15) is 5.10 Å². The molecule has 0 saturated carbocycles. The highest BCUT2D eigenvalue weighted by atomic mass is 35.5. The molecule has 2 aromatic rings. The summed E-state index contributed by atoms with van der Waals surface area (Å²) in [7, 11) is 0. The summed E-state index contributed by atoms with van der Waals surface area (Å²) in [6.07, 6.45) is 0. The number of benzene rings is 1. The standard InChI is InChI=1S/C11H8ClN3O3/c12-6-1-2-7(8(16)5-6)11(18)13-9-3-4-10(17)15-14-9/h1-5,16H,(H,15,17)(H,13,14,18). The lowest BCUT2D eigenvalue weighted by molar-refractivity contribution is 0.102. The molecule has 1 aromatic carbocycles. The predicted octanol–water partition coefficient (Wildman–Crippen LogP) is 1.38. The Bertz CT molecular complexity index is 634. The Morgan fingerprint density at radius 1 is 1.33 bits per heavy atom. The van der Waals surface area contributed by atoms with E-state index in [9.17, 15) is 14.7 Å². The lowest BCUT2D eigenvalue weighted by atomic mass is 10.2. The van der Waals surface area contributed by atoms with Crippen LogP contribution >= 0.6 is 11.6 Å². The molecule has 0 aliphatic carbocycles. The maximum absolute atomic E-state index is 11.8. The fourth-order valence-electron chi connectivity index (χ4n) is 1.29. The molecular formula is C11H8ClN3O3. The number of aromatic amines is 1. The molecule has 0 radical (unpaired) electrons. The maximum atomic E-state index is 11.8. The van der Waals surface area contributed by atoms with E-state index in [4.69, 9.17) is 11.6 Å². The molecule has 3 N–H and O–H groups in total. The van der Waals surface area contributed by atoms with Crippen LogP contribution in [0.25, 0.3) is 0 Å². The predicted molar refractivity (Wildman–Crippen MR) is 65.9 cm³/mol. The first-order chi connectivity index (χ1) is 8.56. The SMILES string of the molecule is O=C(Nc1ccc(=O)[nH]n1)c1ccc(Cl)cc1O. The third-order valence-corrected chi connectivity index (χ3v) is 2.36. The second kappa shape index (κ2) is 4.89. The van der Waals surface area contributed by atoms with Gasteiger partial charge in [0, 0.05) is 11.1 Å². The number of aromatic hydroxyl groups is 1. The van der Waals surface area contributed by atoms with Gasteiger partial charge in [-0.15, -0.1) is 0 Å². The molecule has 0 aliphatic rings. The van der Waals surface area contributed by atoms with E-state index in [0.29, 0.717) is 5.02 Å². The molecule has 0 atom stereocenters. The van der Waals surface area contributed by atoms with Gasteiger partial charge in [0.05, 0.1) is 5.56 Å². The van der Waals surface area contributed by atoms with Gasteiger partial charge in [0.25, 0.3) is 11.5 Å². The molecule has 0 saturated heterocycles. The van der Waals surface area contributed by atoms with Crippen molar-refractivity contribution in [2.45, 2.75) is 0 Å². The lowest BCUT2D eigenvalue weighted by Crippen LogP contribution is -2.15. The highest BCUT2D eigenvalue weighted by molar-refractivity contribution is 6.30. The van der Waals surface area contributed by atoms with Crippen LogP contribution in [0.3, 0.4) is 0 Å². The van der Waals surface area contributed by atoms with Gasteiger partial charge in [0.1, 0.15) is 5.75 Å². The third-order valence-electron chi connectivity index (χ3n) is 2.13. The number of nitrogens with zero attached hydrogens (tertiary/aromatic N) is 1. The Morgan fingerprint density at radius 3 is 2.72 bits per heavy atom. The monoisotopic (exact) mass is 265 g/mol. The van der Waals surface area contributed by atoms with Crippen LogP contribution < -0.4 is 10.9 Å². The number of carbonyl (C=O) groups is 1. The summed E-state index contributed by atoms with van der Waals surface area (Å²) in [5.41, 5.74) is -0.310. The van der Waals surface area contributed by atoms with E-state index in [1.165, 1.54) is 30.3 Å². The van der Waals surface area contributed by atoms with Crippen LogP contribution in [0.15, 0.2) is 35.1 Å². The topological polar surface area (TPSA) is 95.1 Å². The van der Waals surface area contributed by atoms with Crippen LogP contribution in [-0.4, -0.2) is 21.2 Å². The largest absolute Gasteiger partial charge is 0.507 e. The van der Waals surface area contributed by atoms with Crippen molar-refractivity contribution < 1.29 is 9.90 Å². The van der Waals surface area contributed by atoms with E-state index in [0.717, 1.165) is 0 Å². The number of H-pyrrole nitrogens is 1. The number of hydrogen-bond acceptors (Lipinski definition) is 4. The van der Waals surface area contributed by atoms with Gasteiger partial charge >= 0.3 is 0 Å². The lowest BCUT2D eigenvalue weighted by Gasteiger charge is -2.05. The molecule has 0 unspecified atom stereocenters. The van der Waals surface area contributed by atoms with Crippen molar-refractivity contribution in [2.75, 3.05) is 5.32 Å². The van der Waals surface area contributed by atoms with Gasteiger partial charge in [-0.25, -0.2) is 5.10 Å². The quantitative estimate of drug-likeness (QED) is 0.764. The van der Waals surface area contributed by atoms with E-state index < -0.39 is 5.91 Å². The average molecular weight is 266 g/mol. The number of rotatable bonds is 2. The summed E-state index contributed by atoms with van der Waals surface area (Å²) in [5, 5.41) is 18.1. The summed E-state index contributed by atoms with van der Waals surface area (Å²) in [6.45, 7) is 0. The number of phenolic OH excluding ortho intramolecular Hbond substituents is 1. The number of carbonyl (C=O) groups excluding carboxylic acids is 1. The summed E-state index contributed by atoms with van der Waals surface area (Å²) < 4.78 is 0. The van der Waals surface area contributed by atoms with Crippen LogP contribution in [-0.2, 0) is 0 Å². The zero-order chi connectivity index (χ0) is 13.1. The van der Waals surface area contributed by atoms with Gasteiger partial charge in [0.2, 0.25) is 0 Å². The first-order valence-corrected chi connectivity index (χ1v) is 5.29. The van der Waals surface area contributed by atoms with Crippen LogP contribution in [0.5, 0.6) is 5.75 Å². The number of phenols is 1. The number of amides is 1. The Hall–Kier alpha value is -2.34. The molecule has 2 rings (SSSR count). The Kier molecular flexibility index (Phi) is 3.29. The van der Waals surface area contributed by atoms with E-state index in [1.807, 2.05) is 0 Å². The van der Waals surface area contributed by atoms with Crippen molar-refractivity contribution in [3.05, 3.63) is 51.3 Å². The van der Waals surface area contributed by atoms with Crippen molar-refractivity contribution in [1.82, 2.24) is 10.2 Å². The summed E-state index contributed by atoms with van der Waals surface area (Å²) in [4.78, 5) is 22.6. The van der Waals surface area contributed by atoms with Crippen molar-refractivity contribution >= 4 is 23.3 Å². The Labute approximate surface area is 106 Å². The molecule has 0 spiro atoms. The van der Waals surface area contributed by atoms with Gasteiger partial charge < -0.3 is 10.4 Å². The van der Waals surface area contributed by atoms with Gasteiger partial charge in [0.15, 0.2) is 5.82 Å². The summed E-state index contributed by atoms with van der Waals surface area (Å²) >= 11 is 5.66. The van der Waals surface area contributed by atoms with Crippen LogP contribution in [0.1, 0.15) is 10.4 Å². The van der Waals surface area contributed by atoms with E-state index >= 15 is 0 Å². The normalized spacial score (nSPS) is 10.1. The molecule has 92 valence electrons. The van der Waals surface area contributed by atoms with Crippen molar-refractivity contribution in [3.8, 4) is 5.75 Å². The van der Waals surface area contributed by atoms with Crippen LogP contribution in [0, 0.1) is 0 Å². The number of halogens is 1. The molecule has 1 amide bonds.